The molecule has 67 heavy (non-hydrogen) atoms. The number of aryl methyl sites for hydroxylation is 2. The fourth-order valence-corrected chi connectivity index (χ4v) is 12.8. The Morgan fingerprint density at radius 1 is 0.403 bits per heavy atom. The predicted octanol–water partition coefficient (Wildman–Crippen LogP) is 16.6. The van der Waals surface area contributed by atoms with Crippen molar-refractivity contribution >= 4 is 21.8 Å². The second-order valence-corrected chi connectivity index (χ2v) is 19.2. The number of hydrogen-bond donors (Lipinski definition) is 0. The Morgan fingerprint density at radius 2 is 0.955 bits per heavy atom. The Hall–Kier alpha value is -8.00. The number of aromatic nitrogens is 1. The van der Waals surface area contributed by atoms with Crippen LogP contribution in [0.15, 0.2) is 218 Å². The maximum atomic E-state index is 2.60. The van der Waals surface area contributed by atoms with E-state index in [4.69, 9.17) is 0 Å². The van der Waals surface area contributed by atoms with E-state index < -0.39 is 5.41 Å². The van der Waals surface area contributed by atoms with Gasteiger partial charge in [-0.2, -0.15) is 0 Å². The minimum absolute atomic E-state index is 0.363. The molecule has 3 aliphatic carbocycles. The number of nitrogens with zero attached hydrogens (tertiary/aromatic N) is 1. The average molecular weight is 854 g/mol. The van der Waals surface area contributed by atoms with Crippen LogP contribution in [0.2, 0.25) is 0 Å². The Morgan fingerprint density at radius 3 is 1.69 bits per heavy atom. The summed E-state index contributed by atoms with van der Waals surface area (Å²) in [6, 6.07) is 83.0. The monoisotopic (exact) mass is 853 g/mol. The maximum absolute atomic E-state index is 2.60. The first-order chi connectivity index (χ1) is 33.0. The van der Waals surface area contributed by atoms with Crippen LogP contribution in [0.3, 0.4) is 0 Å². The summed E-state index contributed by atoms with van der Waals surface area (Å²) < 4.78 is 2.50. The number of benzene rings is 10. The normalized spacial score (nSPS) is 16.1. The van der Waals surface area contributed by atoms with Crippen LogP contribution in [0, 0.1) is 13.8 Å². The summed E-state index contributed by atoms with van der Waals surface area (Å²) in [7, 11) is 0. The second kappa shape index (κ2) is 14.5. The fraction of sp³-hybridized carbons (Fsp3) is 0.0909. The van der Waals surface area contributed by atoms with Crippen molar-refractivity contribution in [1.82, 2.24) is 4.57 Å². The van der Waals surface area contributed by atoms with E-state index in [0.29, 0.717) is 5.92 Å². The van der Waals surface area contributed by atoms with Crippen LogP contribution in [0.4, 0.5) is 0 Å². The highest BCUT2D eigenvalue weighted by molar-refractivity contribution is 6.11. The lowest BCUT2D eigenvalue weighted by Gasteiger charge is -2.32. The number of rotatable bonds is 5. The van der Waals surface area contributed by atoms with Crippen LogP contribution in [-0.4, -0.2) is 4.57 Å². The molecule has 0 saturated carbocycles. The van der Waals surface area contributed by atoms with Crippen molar-refractivity contribution in [3.05, 3.63) is 268 Å². The molecule has 3 aliphatic rings. The van der Waals surface area contributed by atoms with E-state index in [1.54, 1.807) is 0 Å². The first-order valence-corrected chi connectivity index (χ1v) is 23.9. The molecule has 14 rings (SSSR count). The van der Waals surface area contributed by atoms with E-state index in [9.17, 15) is 0 Å². The quantitative estimate of drug-likeness (QED) is 0.163. The van der Waals surface area contributed by atoms with Crippen molar-refractivity contribution in [3.63, 3.8) is 0 Å². The molecule has 0 N–H and O–H groups in total. The molecular weight excluding hydrogens is 807 g/mol. The summed E-state index contributed by atoms with van der Waals surface area (Å²) >= 11 is 0. The van der Waals surface area contributed by atoms with Gasteiger partial charge in [0.2, 0.25) is 0 Å². The lowest BCUT2D eigenvalue weighted by molar-refractivity contribution is 0.671. The summed E-state index contributed by atoms with van der Waals surface area (Å²) in [5.74, 6) is 0.363. The molecule has 10 aromatic carbocycles. The molecule has 0 radical (unpaired) electrons. The average Bonchev–Trinajstić information content (AvgIpc) is 3.98. The third kappa shape index (κ3) is 5.49. The molecule has 0 saturated heterocycles. The van der Waals surface area contributed by atoms with Crippen LogP contribution >= 0.6 is 0 Å². The summed E-state index contributed by atoms with van der Waals surface area (Å²) in [6.07, 6.45) is 1.99. The van der Waals surface area contributed by atoms with Gasteiger partial charge in [0, 0.05) is 16.5 Å². The van der Waals surface area contributed by atoms with Gasteiger partial charge in [-0.1, -0.05) is 182 Å². The number of hydrogen-bond acceptors (Lipinski definition) is 0. The van der Waals surface area contributed by atoms with Gasteiger partial charge in [0.05, 0.1) is 16.4 Å². The van der Waals surface area contributed by atoms with E-state index in [2.05, 4.69) is 237 Å². The highest BCUT2D eigenvalue weighted by Crippen LogP contribution is 2.63. The smallest absolute Gasteiger partial charge is 0.0726 e. The van der Waals surface area contributed by atoms with E-state index >= 15 is 0 Å². The Labute approximate surface area is 392 Å². The second-order valence-electron chi connectivity index (χ2n) is 19.2. The molecule has 2 unspecified atom stereocenters. The summed E-state index contributed by atoms with van der Waals surface area (Å²) in [5.41, 5.74) is 28.7. The zero-order valence-electron chi connectivity index (χ0n) is 37.7. The van der Waals surface area contributed by atoms with Crippen LogP contribution in [0.5, 0.6) is 0 Å². The first kappa shape index (κ1) is 38.3. The third-order valence-corrected chi connectivity index (χ3v) is 15.7. The zero-order valence-corrected chi connectivity index (χ0v) is 37.7. The van der Waals surface area contributed by atoms with Gasteiger partial charge in [0.1, 0.15) is 0 Å². The Balaban J connectivity index is 0.924. The Kier molecular flexibility index (Phi) is 8.29. The molecule has 11 aromatic rings. The molecule has 0 fully saturated rings. The molecule has 1 heteroatoms. The minimum Gasteiger partial charge on any atom is -0.309 e. The van der Waals surface area contributed by atoms with Crippen LogP contribution in [0.25, 0.3) is 83.1 Å². The SMILES string of the molecule is Cc1ccccc1-c1ccc2c(c1)-c1ccccc1C(Cc1ccc3c(c1)C1(c4ccccc4-3)c3ccccc3-c3ccc(-n4c5ccccc5c5cc(-c6ccccc6C)ccc54)cc31)C2. The molecule has 316 valence electrons. The molecule has 1 heterocycles. The van der Waals surface area contributed by atoms with Gasteiger partial charge in [0.25, 0.3) is 0 Å². The van der Waals surface area contributed by atoms with E-state index in [1.165, 1.54) is 133 Å². The van der Waals surface area contributed by atoms with Crippen molar-refractivity contribution in [2.45, 2.75) is 38.0 Å². The molecule has 1 spiro atoms. The van der Waals surface area contributed by atoms with Crippen molar-refractivity contribution in [2.24, 2.45) is 0 Å². The minimum atomic E-state index is -0.469. The first-order valence-electron chi connectivity index (χ1n) is 23.9. The van der Waals surface area contributed by atoms with Crippen molar-refractivity contribution < 1.29 is 0 Å². The molecule has 1 nitrogen and oxygen atoms in total. The summed E-state index contributed by atoms with van der Waals surface area (Å²) in [5, 5.41) is 2.54. The molecule has 1 aromatic heterocycles. The van der Waals surface area contributed by atoms with Crippen molar-refractivity contribution in [1.29, 1.82) is 0 Å². The molecular formula is C66H47N. The maximum Gasteiger partial charge on any atom is 0.0726 e. The van der Waals surface area contributed by atoms with Gasteiger partial charge in [0.15, 0.2) is 0 Å². The standard InChI is InChI=1S/C66H47N/c1-41-15-3-5-17-49(41)45-29-28-44-37-47(51-19-7-8-20-52(51)58(44)38-45)35-43-27-32-55-53-21-9-12-24-60(53)66(62(55)36-43)61-25-13-10-22-54(61)56-33-31-48(40-63(56)66)67-64-26-14-11-23-57(64)59-39-46(30-34-65(59)67)50-18-6-4-16-42(50)2/h3-34,36,38-40,47H,35,37H2,1-2H3. The number of para-hydroxylation sites is 1. The lowest BCUT2D eigenvalue weighted by Crippen LogP contribution is -2.26. The van der Waals surface area contributed by atoms with Gasteiger partial charge in [-0.25, -0.2) is 0 Å². The largest absolute Gasteiger partial charge is 0.309 e. The van der Waals surface area contributed by atoms with Crippen LogP contribution < -0.4 is 0 Å². The van der Waals surface area contributed by atoms with Crippen molar-refractivity contribution in [3.8, 4) is 61.3 Å². The molecule has 0 bridgehead atoms. The van der Waals surface area contributed by atoms with Gasteiger partial charge in [-0.15, -0.1) is 0 Å². The van der Waals surface area contributed by atoms with Gasteiger partial charge in [-0.3, -0.25) is 0 Å². The molecule has 0 amide bonds. The van der Waals surface area contributed by atoms with E-state index in [1.807, 2.05) is 0 Å². The topological polar surface area (TPSA) is 4.93 Å². The van der Waals surface area contributed by atoms with Gasteiger partial charge < -0.3 is 4.57 Å². The van der Waals surface area contributed by atoms with Crippen molar-refractivity contribution in [2.75, 3.05) is 0 Å². The highest BCUT2D eigenvalue weighted by atomic mass is 15.0. The zero-order chi connectivity index (χ0) is 44.4. The lowest BCUT2D eigenvalue weighted by atomic mass is 9.70. The van der Waals surface area contributed by atoms with E-state index in [0.717, 1.165) is 12.8 Å². The summed E-state index contributed by atoms with van der Waals surface area (Å²) in [6.45, 7) is 4.42. The van der Waals surface area contributed by atoms with Crippen LogP contribution in [-0.2, 0) is 18.3 Å². The van der Waals surface area contributed by atoms with E-state index in [-0.39, 0.29) is 0 Å². The van der Waals surface area contributed by atoms with Crippen LogP contribution in [0.1, 0.15) is 56.0 Å². The molecule has 0 aliphatic heterocycles. The third-order valence-electron chi connectivity index (χ3n) is 15.7. The fourth-order valence-electron chi connectivity index (χ4n) is 12.8. The van der Waals surface area contributed by atoms with Gasteiger partial charge >= 0.3 is 0 Å². The summed E-state index contributed by atoms with van der Waals surface area (Å²) in [4.78, 5) is 0. The Bertz CT molecular complexity index is 3850. The van der Waals surface area contributed by atoms with Gasteiger partial charge in [-0.05, 0) is 175 Å². The predicted molar refractivity (Wildman–Crippen MR) is 279 cm³/mol. The highest BCUT2D eigenvalue weighted by Gasteiger charge is 2.52. The molecule has 2 atom stereocenters. The number of fused-ring (bicyclic) bond motifs is 16.